The Hall–Kier alpha value is -7.89. The molecule has 0 saturated carbocycles. The largest absolute Gasteiger partial charge is 0.450 e. The number of fused-ring (bicyclic) bond motifs is 8. The highest BCUT2D eigenvalue weighted by Gasteiger charge is 2.47. The van der Waals surface area contributed by atoms with Crippen LogP contribution in [0.25, 0.3) is 66.8 Å². The molecule has 59 heavy (non-hydrogen) atoms. The third kappa shape index (κ3) is 5.22. The molecule has 0 unspecified atom stereocenters. The fourth-order valence-corrected chi connectivity index (χ4v) is 9.16. The van der Waals surface area contributed by atoms with E-state index in [2.05, 4.69) is 152 Å². The minimum Gasteiger partial charge on any atom is -0.450 e. The van der Waals surface area contributed by atoms with E-state index in [0.717, 1.165) is 33.2 Å². The molecule has 276 valence electrons. The maximum Gasteiger partial charge on any atom is 0.170 e. The first-order chi connectivity index (χ1) is 29.2. The van der Waals surface area contributed by atoms with Crippen molar-refractivity contribution in [3.05, 3.63) is 222 Å². The van der Waals surface area contributed by atoms with Crippen molar-refractivity contribution in [1.82, 2.24) is 15.0 Å². The first-order valence-corrected chi connectivity index (χ1v) is 19.8. The van der Waals surface area contributed by atoms with Crippen LogP contribution in [0.4, 0.5) is 0 Å². The Morgan fingerprint density at radius 2 is 0.864 bits per heavy atom. The summed E-state index contributed by atoms with van der Waals surface area (Å²) >= 11 is 0. The van der Waals surface area contributed by atoms with Gasteiger partial charge in [-0.05, 0) is 91.3 Å². The Morgan fingerprint density at radius 3 is 1.63 bits per heavy atom. The Labute approximate surface area is 340 Å². The SMILES string of the molecule is c1ccc(-c2nc(-c3ccc4c(c3)Oc3cc5c(cc3O4)C(c3ccccc3)(c3ccccc3)c3ccccc3-5)nc(-c3ccc4c(ccc5ccccc54)c3)n2)cc1. The zero-order valence-electron chi connectivity index (χ0n) is 31.7. The molecule has 0 bridgehead atoms. The summed E-state index contributed by atoms with van der Waals surface area (Å²) in [6.45, 7) is 0. The van der Waals surface area contributed by atoms with Crippen molar-refractivity contribution < 1.29 is 9.47 Å². The molecular weight excluding hydrogens is 723 g/mol. The lowest BCUT2D eigenvalue weighted by molar-refractivity contribution is 0.359. The van der Waals surface area contributed by atoms with Crippen LogP contribution < -0.4 is 9.47 Å². The minimum absolute atomic E-state index is 0.539. The van der Waals surface area contributed by atoms with Crippen molar-refractivity contribution in [1.29, 1.82) is 0 Å². The van der Waals surface area contributed by atoms with Gasteiger partial charge in [-0.15, -0.1) is 0 Å². The zero-order valence-corrected chi connectivity index (χ0v) is 31.7. The fraction of sp³-hybridized carbons (Fsp3) is 0.0185. The quantitative estimate of drug-likeness (QED) is 0.164. The monoisotopic (exact) mass is 755 g/mol. The summed E-state index contributed by atoms with van der Waals surface area (Å²) in [7, 11) is 0. The summed E-state index contributed by atoms with van der Waals surface area (Å²) in [5, 5.41) is 4.75. The van der Waals surface area contributed by atoms with Gasteiger partial charge in [0.25, 0.3) is 0 Å². The Bertz CT molecular complexity index is 3240. The molecule has 2 heterocycles. The summed E-state index contributed by atoms with van der Waals surface area (Å²) in [5.41, 5.74) is 9.15. The van der Waals surface area contributed by atoms with Gasteiger partial charge in [0.2, 0.25) is 0 Å². The van der Waals surface area contributed by atoms with E-state index in [9.17, 15) is 0 Å². The minimum atomic E-state index is -0.539. The summed E-state index contributed by atoms with van der Waals surface area (Å²) in [4.78, 5) is 15.1. The first kappa shape index (κ1) is 33.3. The van der Waals surface area contributed by atoms with Crippen molar-refractivity contribution >= 4 is 21.5 Å². The van der Waals surface area contributed by atoms with Crippen molar-refractivity contribution in [2.75, 3.05) is 0 Å². The third-order valence-corrected chi connectivity index (χ3v) is 11.8. The standard InChI is InChI=1S/C54H33N3O2/c1-4-15-35(16-5-1)51-55-52(37-26-28-42-36(30-37)25-24-34-14-10-11-21-41(34)42)57-53(56-51)38-27-29-47-48(31-38)59-49-32-44-43-22-12-13-23-45(43)54(39-17-6-2-7-18-39,40-19-8-3-9-20-40)46(44)33-50(49)58-47/h1-33H. The van der Waals surface area contributed by atoms with Crippen LogP contribution >= 0.6 is 0 Å². The highest BCUT2D eigenvalue weighted by atomic mass is 16.6. The smallest absolute Gasteiger partial charge is 0.170 e. The van der Waals surface area contributed by atoms with Gasteiger partial charge < -0.3 is 9.47 Å². The molecule has 1 aromatic heterocycles. The molecule has 9 aromatic carbocycles. The van der Waals surface area contributed by atoms with Gasteiger partial charge in [-0.2, -0.15) is 0 Å². The van der Waals surface area contributed by atoms with Crippen LogP contribution in [0.3, 0.4) is 0 Å². The molecule has 0 spiro atoms. The van der Waals surface area contributed by atoms with Crippen LogP contribution in [-0.2, 0) is 5.41 Å². The number of aromatic nitrogens is 3. The molecule has 12 rings (SSSR count). The molecule has 1 aliphatic heterocycles. The normalized spacial score (nSPS) is 13.2. The van der Waals surface area contributed by atoms with Crippen molar-refractivity contribution in [2.24, 2.45) is 0 Å². The molecule has 0 amide bonds. The third-order valence-electron chi connectivity index (χ3n) is 11.8. The van der Waals surface area contributed by atoms with Crippen molar-refractivity contribution in [3.63, 3.8) is 0 Å². The topological polar surface area (TPSA) is 57.1 Å². The molecule has 10 aromatic rings. The lowest BCUT2D eigenvalue weighted by atomic mass is 9.67. The number of nitrogens with zero attached hydrogens (tertiary/aromatic N) is 3. The van der Waals surface area contributed by atoms with E-state index in [1.807, 2.05) is 48.5 Å². The van der Waals surface area contributed by atoms with Gasteiger partial charge in [-0.25, -0.2) is 15.0 Å². The van der Waals surface area contributed by atoms with Crippen LogP contribution in [-0.4, -0.2) is 15.0 Å². The Morgan fingerprint density at radius 1 is 0.322 bits per heavy atom. The van der Waals surface area contributed by atoms with E-state index in [1.54, 1.807) is 0 Å². The van der Waals surface area contributed by atoms with Crippen LogP contribution in [0.1, 0.15) is 22.3 Å². The molecular formula is C54H33N3O2. The van der Waals surface area contributed by atoms with Gasteiger partial charge in [0.1, 0.15) is 0 Å². The number of rotatable bonds is 5. The number of ether oxygens (including phenoxy) is 2. The predicted molar refractivity (Wildman–Crippen MR) is 235 cm³/mol. The van der Waals surface area contributed by atoms with E-state index >= 15 is 0 Å². The molecule has 0 fully saturated rings. The van der Waals surface area contributed by atoms with E-state index in [4.69, 9.17) is 24.4 Å². The lowest BCUT2D eigenvalue weighted by Crippen LogP contribution is -2.28. The Balaban J connectivity index is 0.969. The second kappa shape index (κ2) is 13.1. The molecule has 0 atom stereocenters. The first-order valence-electron chi connectivity index (χ1n) is 19.8. The van der Waals surface area contributed by atoms with Gasteiger partial charge >= 0.3 is 0 Å². The van der Waals surface area contributed by atoms with Gasteiger partial charge in [0.05, 0.1) is 5.41 Å². The molecule has 5 nitrogen and oxygen atoms in total. The van der Waals surface area contributed by atoms with E-state index in [1.165, 1.54) is 38.4 Å². The fourth-order valence-electron chi connectivity index (χ4n) is 9.16. The Kier molecular flexibility index (Phi) is 7.38. The highest BCUT2D eigenvalue weighted by molar-refractivity contribution is 6.08. The van der Waals surface area contributed by atoms with Crippen LogP contribution in [0.2, 0.25) is 0 Å². The number of hydrogen-bond acceptors (Lipinski definition) is 5. The highest BCUT2D eigenvalue weighted by Crippen LogP contribution is 2.59. The number of benzene rings is 9. The van der Waals surface area contributed by atoms with Crippen molar-refractivity contribution in [2.45, 2.75) is 5.41 Å². The van der Waals surface area contributed by atoms with Crippen molar-refractivity contribution in [3.8, 4) is 68.3 Å². The van der Waals surface area contributed by atoms with Gasteiger partial charge in [0.15, 0.2) is 40.5 Å². The molecule has 1 aliphatic carbocycles. The summed E-state index contributed by atoms with van der Waals surface area (Å²) < 4.78 is 13.5. The van der Waals surface area contributed by atoms with E-state index in [0.29, 0.717) is 40.5 Å². The van der Waals surface area contributed by atoms with E-state index < -0.39 is 5.41 Å². The maximum atomic E-state index is 6.78. The second-order valence-corrected chi connectivity index (χ2v) is 15.1. The maximum absolute atomic E-state index is 6.78. The molecule has 2 aliphatic rings. The van der Waals surface area contributed by atoms with Crippen LogP contribution in [0.5, 0.6) is 23.0 Å². The van der Waals surface area contributed by atoms with Crippen LogP contribution in [0, 0.1) is 0 Å². The molecule has 0 radical (unpaired) electrons. The zero-order chi connectivity index (χ0) is 38.9. The average Bonchev–Trinajstić information content (AvgIpc) is 3.60. The van der Waals surface area contributed by atoms with E-state index in [-0.39, 0.29) is 0 Å². The average molecular weight is 756 g/mol. The molecule has 0 N–H and O–H groups in total. The summed E-state index contributed by atoms with van der Waals surface area (Å²) in [6, 6.07) is 69.8. The van der Waals surface area contributed by atoms with Gasteiger partial charge in [0, 0.05) is 16.7 Å². The second-order valence-electron chi connectivity index (χ2n) is 15.1. The summed E-state index contributed by atoms with van der Waals surface area (Å²) in [5.74, 6) is 4.29. The van der Waals surface area contributed by atoms with Gasteiger partial charge in [-0.3, -0.25) is 0 Å². The lowest BCUT2D eigenvalue weighted by Gasteiger charge is -2.34. The molecule has 5 heteroatoms. The number of hydrogen-bond donors (Lipinski definition) is 0. The predicted octanol–water partition coefficient (Wildman–Crippen LogP) is 13.4. The summed E-state index contributed by atoms with van der Waals surface area (Å²) in [6.07, 6.45) is 0. The van der Waals surface area contributed by atoms with Gasteiger partial charge in [-0.1, -0.05) is 164 Å². The van der Waals surface area contributed by atoms with Crippen LogP contribution in [0.15, 0.2) is 200 Å². The molecule has 0 saturated heterocycles.